The fourth-order valence-electron chi connectivity index (χ4n) is 1.87. The molecule has 0 aromatic rings. The van der Waals surface area contributed by atoms with E-state index in [1.807, 2.05) is 0 Å². The van der Waals surface area contributed by atoms with Crippen molar-refractivity contribution in [2.75, 3.05) is 6.54 Å². The average Bonchev–Trinajstić information content (AvgIpc) is 2.20. The van der Waals surface area contributed by atoms with Crippen molar-refractivity contribution in [2.45, 2.75) is 32.2 Å². The van der Waals surface area contributed by atoms with Crippen LogP contribution >= 0.6 is 0 Å². The summed E-state index contributed by atoms with van der Waals surface area (Å²) >= 11 is 0. The molecule has 0 N–H and O–H groups in total. The molecule has 2 aliphatic heterocycles. The zero-order valence-corrected chi connectivity index (χ0v) is 7.59. The van der Waals surface area contributed by atoms with E-state index in [0.29, 0.717) is 5.92 Å². The summed E-state index contributed by atoms with van der Waals surface area (Å²) in [5, 5.41) is 4.53. The van der Waals surface area contributed by atoms with E-state index in [0.717, 1.165) is 12.4 Å². The van der Waals surface area contributed by atoms with E-state index >= 15 is 0 Å². The van der Waals surface area contributed by atoms with Crippen molar-refractivity contribution in [1.82, 2.24) is 0 Å². The van der Waals surface area contributed by atoms with Gasteiger partial charge in [0.15, 0.2) is 0 Å². The van der Waals surface area contributed by atoms with Gasteiger partial charge >= 0.3 is 18.9 Å². The Kier molecular flexibility index (Phi) is 2.37. The van der Waals surface area contributed by atoms with E-state index in [-0.39, 0.29) is 24.4 Å². The topological polar surface area (TPSA) is 26.5 Å². The van der Waals surface area contributed by atoms with Crippen LogP contribution in [0.1, 0.15) is 26.7 Å². The molecule has 1 unspecified atom stereocenters. The molecule has 2 rings (SSSR count). The predicted octanol–water partition coefficient (Wildman–Crippen LogP) is -1.04. The van der Waals surface area contributed by atoms with E-state index in [2.05, 4.69) is 24.2 Å². The first kappa shape index (κ1) is 9.16. The average molecular weight is 144 g/mol. The third-order valence-electron chi connectivity index (χ3n) is 2.28. The van der Waals surface area contributed by atoms with E-state index in [1.165, 1.54) is 12.8 Å². The Hall–Kier alpha value is 0.0674. The molecule has 2 nitrogen and oxygen atoms in total. The molecule has 1 saturated heterocycles. The molecule has 2 aliphatic rings. The summed E-state index contributed by atoms with van der Waals surface area (Å²) in [6, 6.07) is 0. The molecular weight excluding hydrogens is 131 g/mol. The number of fused-ring (bicyclic) bond motifs is 1. The number of rotatable bonds is 0. The molecular formula is C8H13LiN2. The molecule has 0 aromatic heterocycles. The van der Waals surface area contributed by atoms with Gasteiger partial charge in [0.05, 0.1) is 0 Å². The molecule has 0 amide bonds. The Labute approximate surface area is 80.0 Å². The SMILES string of the molecule is CC1(C)CC2CCN=C2[N-]1.[Li+]. The molecule has 1 atom stereocenters. The van der Waals surface area contributed by atoms with Crippen molar-refractivity contribution in [3.05, 3.63) is 5.32 Å². The molecule has 0 saturated carbocycles. The zero-order chi connectivity index (χ0) is 7.19. The maximum absolute atomic E-state index is 4.53. The van der Waals surface area contributed by atoms with Crippen molar-refractivity contribution < 1.29 is 18.9 Å². The molecule has 56 valence electrons. The summed E-state index contributed by atoms with van der Waals surface area (Å²) in [7, 11) is 0. The van der Waals surface area contributed by atoms with E-state index in [1.54, 1.807) is 0 Å². The van der Waals surface area contributed by atoms with Gasteiger partial charge in [0.2, 0.25) is 0 Å². The van der Waals surface area contributed by atoms with Crippen LogP contribution in [0.2, 0.25) is 0 Å². The van der Waals surface area contributed by atoms with Crippen molar-refractivity contribution >= 4 is 5.84 Å². The summed E-state index contributed by atoms with van der Waals surface area (Å²) in [5.74, 6) is 1.85. The Bertz CT molecular complexity index is 187. The minimum absolute atomic E-state index is 0. The van der Waals surface area contributed by atoms with Crippen LogP contribution in [0.5, 0.6) is 0 Å². The summed E-state index contributed by atoms with van der Waals surface area (Å²) in [6.07, 6.45) is 2.45. The van der Waals surface area contributed by atoms with Gasteiger partial charge in [-0.05, 0) is 24.3 Å². The summed E-state index contributed by atoms with van der Waals surface area (Å²) in [4.78, 5) is 4.34. The van der Waals surface area contributed by atoms with Gasteiger partial charge in [-0.1, -0.05) is 26.2 Å². The van der Waals surface area contributed by atoms with Gasteiger partial charge in [0.1, 0.15) is 0 Å². The van der Waals surface area contributed by atoms with Gasteiger partial charge in [0, 0.05) is 0 Å². The number of aliphatic imine (C=N–C) groups is 1. The third-order valence-corrected chi connectivity index (χ3v) is 2.28. The largest absolute Gasteiger partial charge is 1.00 e. The minimum atomic E-state index is 0. The van der Waals surface area contributed by atoms with Crippen molar-refractivity contribution in [3.8, 4) is 0 Å². The van der Waals surface area contributed by atoms with Gasteiger partial charge in [0.25, 0.3) is 0 Å². The van der Waals surface area contributed by atoms with E-state index in [9.17, 15) is 0 Å². The summed E-state index contributed by atoms with van der Waals surface area (Å²) in [5.41, 5.74) is 0.184. The first-order chi connectivity index (χ1) is 4.67. The molecule has 0 radical (unpaired) electrons. The van der Waals surface area contributed by atoms with Crippen LogP contribution in [0.3, 0.4) is 0 Å². The molecule has 1 fully saturated rings. The maximum Gasteiger partial charge on any atom is 1.00 e. The van der Waals surface area contributed by atoms with E-state index < -0.39 is 0 Å². The quantitative estimate of drug-likeness (QED) is 0.388. The Morgan fingerprint density at radius 2 is 2.27 bits per heavy atom. The zero-order valence-electron chi connectivity index (χ0n) is 7.59. The first-order valence-electron chi connectivity index (χ1n) is 3.95. The van der Waals surface area contributed by atoms with Gasteiger partial charge in [-0.2, -0.15) is 0 Å². The first-order valence-corrected chi connectivity index (χ1v) is 3.95. The van der Waals surface area contributed by atoms with Gasteiger partial charge in [-0.3, -0.25) is 0 Å². The molecule has 0 spiro atoms. The predicted molar refractivity (Wildman–Crippen MR) is 42.5 cm³/mol. The number of hydrogen-bond acceptors (Lipinski definition) is 1. The summed E-state index contributed by atoms with van der Waals surface area (Å²) < 4.78 is 0. The van der Waals surface area contributed by atoms with E-state index in [4.69, 9.17) is 0 Å². The van der Waals surface area contributed by atoms with Gasteiger partial charge < -0.3 is 10.3 Å². The Morgan fingerprint density at radius 3 is 2.91 bits per heavy atom. The second-order valence-electron chi connectivity index (χ2n) is 3.85. The maximum atomic E-state index is 4.53. The van der Waals surface area contributed by atoms with Crippen LogP contribution < -0.4 is 18.9 Å². The molecule has 0 aliphatic carbocycles. The number of hydrogen-bond donors (Lipinski definition) is 0. The third kappa shape index (κ3) is 1.63. The van der Waals surface area contributed by atoms with Gasteiger partial charge in [-0.25, -0.2) is 0 Å². The Balaban J connectivity index is 0.000000605. The Morgan fingerprint density at radius 1 is 1.55 bits per heavy atom. The smallest absolute Gasteiger partial charge is 0.469 e. The van der Waals surface area contributed by atoms with Crippen LogP contribution in [-0.4, -0.2) is 17.9 Å². The molecule has 3 heteroatoms. The van der Waals surface area contributed by atoms with Crippen LogP contribution in [0, 0.1) is 5.92 Å². The van der Waals surface area contributed by atoms with Crippen LogP contribution in [-0.2, 0) is 0 Å². The minimum Gasteiger partial charge on any atom is -0.469 e. The monoisotopic (exact) mass is 144 g/mol. The van der Waals surface area contributed by atoms with Crippen molar-refractivity contribution in [1.29, 1.82) is 0 Å². The van der Waals surface area contributed by atoms with Crippen molar-refractivity contribution in [3.63, 3.8) is 0 Å². The standard InChI is InChI=1S/C8H13N2.Li/c1-8(2)5-6-3-4-9-7(6)10-8;/h6H,3-5H2,1-2H3;/q-1;+1. The second kappa shape index (κ2) is 2.84. The number of amidine groups is 1. The second-order valence-corrected chi connectivity index (χ2v) is 3.85. The fraction of sp³-hybridized carbons (Fsp3) is 0.875. The number of nitrogens with zero attached hydrogens (tertiary/aromatic N) is 2. The molecule has 0 aromatic carbocycles. The van der Waals surface area contributed by atoms with Crippen LogP contribution in [0.4, 0.5) is 0 Å². The molecule has 0 bridgehead atoms. The molecule has 2 heterocycles. The van der Waals surface area contributed by atoms with Crippen molar-refractivity contribution in [2.24, 2.45) is 10.9 Å². The van der Waals surface area contributed by atoms with Crippen LogP contribution in [0.15, 0.2) is 4.99 Å². The fourth-order valence-corrected chi connectivity index (χ4v) is 1.87. The van der Waals surface area contributed by atoms with Crippen LogP contribution in [0.25, 0.3) is 5.32 Å². The van der Waals surface area contributed by atoms with Gasteiger partial charge in [-0.15, -0.1) is 0 Å². The summed E-state index contributed by atoms with van der Waals surface area (Å²) in [6.45, 7) is 5.39. The molecule has 11 heavy (non-hydrogen) atoms. The normalized spacial score (nSPS) is 31.8.